The third kappa shape index (κ3) is 7.66. The van der Waals surface area contributed by atoms with Gasteiger partial charge in [-0.25, -0.2) is 9.59 Å². The zero-order valence-electron chi connectivity index (χ0n) is 29.7. The van der Waals surface area contributed by atoms with Gasteiger partial charge in [0.05, 0.1) is 44.5 Å². The minimum absolute atomic E-state index is 0. The van der Waals surface area contributed by atoms with Gasteiger partial charge in [0, 0.05) is 25.2 Å². The van der Waals surface area contributed by atoms with Crippen molar-refractivity contribution in [2.24, 2.45) is 5.92 Å². The monoisotopic (exact) mass is 868 g/mol. The number of likely N-dealkylation sites (tertiary alicyclic amines) is 1. The molecule has 2 N–H and O–H groups in total. The van der Waals surface area contributed by atoms with Crippen LogP contribution in [0.3, 0.4) is 0 Å². The van der Waals surface area contributed by atoms with Gasteiger partial charge in [-0.3, -0.25) is 0 Å². The molecule has 51 heavy (non-hydrogen) atoms. The Balaban J connectivity index is 0.000000192. The second-order valence-corrected chi connectivity index (χ2v) is 17.7. The molecule has 9 nitrogen and oxygen atoms in total. The van der Waals surface area contributed by atoms with Gasteiger partial charge in [-0.2, -0.15) is 0 Å². The number of halogens is 2. The highest BCUT2D eigenvalue weighted by molar-refractivity contribution is 7.12. The molecule has 1 aromatic carbocycles. The van der Waals surface area contributed by atoms with Gasteiger partial charge in [0.15, 0.2) is 11.7 Å². The topological polar surface area (TPSA) is 106 Å². The molecule has 7 atom stereocenters. The number of benzene rings is 1. The molecule has 3 aromatic rings. The van der Waals surface area contributed by atoms with E-state index in [9.17, 15) is 19.8 Å². The second kappa shape index (κ2) is 15.6. The second-order valence-electron chi connectivity index (χ2n) is 15.8. The summed E-state index contributed by atoms with van der Waals surface area (Å²) < 4.78 is 19.3. The number of epoxide rings is 1. The summed E-state index contributed by atoms with van der Waals surface area (Å²) in [4.78, 5) is 27.3. The SMILES string of the molecule is C[N+]1(C)CC[C@@H](OC(=O)[C@](O)(c2ccccc2)C2CCCC2)C1.C[N+]1(C)[C@@H]2CC(OC(=O)C(O)(c3cccs3)c3cccs3)C[C@H]1[C@@H]1O[C@@H]12.[Br-].[Br-]. The zero-order chi connectivity index (χ0) is 34.6. The Bertz CT molecular complexity index is 1560. The molecule has 1 saturated carbocycles. The minimum Gasteiger partial charge on any atom is -1.00 e. The van der Waals surface area contributed by atoms with E-state index in [1.54, 1.807) is 12.1 Å². The number of morpholine rings is 1. The standard InChI is InChI=1S/C19H22NO4S2.C19H28NO3.2BrH/c1-20(2)12-9-11(10-13(20)17-16(12)24-17)23-18(21)19(22,14-5-3-7-25-14)15-6-4-8-26-15;1-20(2)13-12-17(14-20)23-18(21)19(22,16-10-6-7-11-16)15-8-4-3-5-9-15;;/h3-8,11-13,16-17,22H,9-10H2,1-2H3;3-5,8-9,16-17,22H,6-7,10-14H2,1-2H3;2*1H/q2*+1;;/p-2/t11?,12-,13+,16-,17+;17-,19+;;/m.1../s1. The van der Waals surface area contributed by atoms with Gasteiger partial charge in [0.2, 0.25) is 5.60 Å². The van der Waals surface area contributed by atoms with Crippen molar-refractivity contribution in [1.82, 2.24) is 0 Å². The van der Waals surface area contributed by atoms with Crippen LogP contribution in [0, 0.1) is 5.92 Å². The highest BCUT2D eigenvalue weighted by Crippen LogP contribution is 2.52. The molecule has 6 heterocycles. The van der Waals surface area contributed by atoms with Crippen molar-refractivity contribution in [3.05, 3.63) is 80.7 Å². The normalized spacial score (nSPS) is 29.6. The van der Waals surface area contributed by atoms with E-state index in [0.29, 0.717) is 39.6 Å². The van der Waals surface area contributed by atoms with Gasteiger partial charge in [-0.15, -0.1) is 22.7 Å². The van der Waals surface area contributed by atoms with E-state index in [0.717, 1.165) is 67.0 Å². The first-order valence-corrected chi connectivity index (χ1v) is 19.4. The molecule has 2 bridgehead atoms. The third-order valence-corrected chi connectivity index (χ3v) is 13.8. The fourth-order valence-electron chi connectivity index (χ4n) is 8.95. The molecule has 2 aromatic heterocycles. The highest BCUT2D eigenvalue weighted by Gasteiger charge is 2.71. The summed E-state index contributed by atoms with van der Waals surface area (Å²) >= 11 is 2.74. The number of carbonyl (C=O) groups is 2. The minimum atomic E-state index is -1.72. The van der Waals surface area contributed by atoms with E-state index in [-0.39, 0.29) is 52.1 Å². The van der Waals surface area contributed by atoms with E-state index >= 15 is 0 Å². The number of nitrogens with zero attached hydrogens (tertiary/aromatic N) is 2. The first-order valence-electron chi connectivity index (χ1n) is 17.6. The molecule has 5 fully saturated rings. The number of thiophene rings is 2. The van der Waals surface area contributed by atoms with Crippen molar-refractivity contribution in [1.29, 1.82) is 0 Å². The number of carbonyl (C=O) groups excluding carboxylic acids is 2. The summed E-state index contributed by atoms with van der Waals surface area (Å²) in [6, 6.07) is 17.3. The molecule has 5 aliphatic rings. The number of hydrogen-bond acceptors (Lipinski definition) is 9. The molecule has 8 rings (SSSR count). The first-order chi connectivity index (χ1) is 23.3. The smallest absolute Gasteiger partial charge is 0.349 e. The van der Waals surface area contributed by atoms with Crippen LogP contribution in [-0.2, 0) is 35.0 Å². The predicted octanol–water partition coefficient (Wildman–Crippen LogP) is -1.19. The van der Waals surface area contributed by atoms with Crippen LogP contribution in [0.1, 0.15) is 60.3 Å². The Morgan fingerprint density at radius 1 is 0.765 bits per heavy atom. The third-order valence-electron chi connectivity index (χ3n) is 11.9. The van der Waals surface area contributed by atoms with Gasteiger partial charge in [-0.05, 0) is 41.3 Å². The predicted molar refractivity (Wildman–Crippen MR) is 188 cm³/mol. The lowest BCUT2D eigenvalue weighted by Crippen LogP contribution is -3.00. The van der Waals surface area contributed by atoms with Crippen molar-refractivity contribution >= 4 is 34.6 Å². The van der Waals surface area contributed by atoms with Crippen LogP contribution < -0.4 is 34.0 Å². The summed E-state index contributed by atoms with van der Waals surface area (Å²) in [5, 5.41) is 26.5. The quantitative estimate of drug-likeness (QED) is 0.167. The molecule has 0 amide bonds. The maximum atomic E-state index is 13.1. The highest BCUT2D eigenvalue weighted by atomic mass is 79.9. The van der Waals surface area contributed by atoms with Crippen molar-refractivity contribution in [3.63, 3.8) is 0 Å². The number of aliphatic hydroxyl groups is 2. The number of ether oxygens (including phenoxy) is 3. The summed E-state index contributed by atoms with van der Waals surface area (Å²) in [6.45, 7) is 1.83. The molecule has 0 radical (unpaired) electrons. The number of quaternary nitrogens is 2. The Hall–Kier alpha value is -1.68. The van der Waals surface area contributed by atoms with E-state index in [1.165, 1.54) is 22.7 Å². The van der Waals surface area contributed by atoms with E-state index in [1.807, 2.05) is 53.2 Å². The van der Waals surface area contributed by atoms with Crippen molar-refractivity contribution < 1.29 is 76.9 Å². The molecule has 4 saturated heterocycles. The fourth-order valence-corrected chi connectivity index (χ4v) is 10.7. The summed E-state index contributed by atoms with van der Waals surface area (Å²) in [5.41, 5.74) is -2.55. The van der Waals surface area contributed by atoms with E-state index < -0.39 is 23.1 Å². The largest absolute Gasteiger partial charge is 1.00 e. The molecular formula is C38H50Br2N2O7S2. The maximum absolute atomic E-state index is 13.1. The zero-order valence-corrected chi connectivity index (χ0v) is 34.5. The molecule has 4 aliphatic heterocycles. The van der Waals surface area contributed by atoms with Crippen molar-refractivity contribution in [3.8, 4) is 0 Å². The van der Waals surface area contributed by atoms with Gasteiger partial charge in [0.25, 0.3) is 0 Å². The number of esters is 2. The van der Waals surface area contributed by atoms with Gasteiger partial charge < -0.3 is 67.4 Å². The maximum Gasteiger partial charge on any atom is 0.349 e. The lowest BCUT2D eigenvalue weighted by molar-refractivity contribution is -0.938. The Morgan fingerprint density at radius 3 is 1.80 bits per heavy atom. The number of hydrogen-bond donors (Lipinski definition) is 2. The van der Waals surface area contributed by atoms with Crippen LogP contribution in [0.4, 0.5) is 0 Å². The molecule has 0 spiro atoms. The van der Waals surface area contributed by atoms with Crippen LogP contribution in [0.25, 0.3) is 0 Å². The Morgan fingerprint density at radius 2 is 1.31 bits per heavy atom. The van der Waals surface area contributed by atoms with Gasteiger partial charge in [0.1, 0.15) is 36.9 Å². The summed E-state index contributed by atoms with van der Waals surface area (Å²) in [6.07, 6.45) is 6.73. The summed E-state index contributed by atoms with van der Waals surface area (Å²) in [5.74, 6) is -1.06. The van der Waals surface area contributed by atoms with Crippen LogP contribution >= 0.6 is 22.7 Å². The molecule has 280 valence electrons. The number of likely N-dealkylation sites (N-methyl/N-ethyl adjacent to an activating group) is 2. The van der Waals surface area contributed by atoms with Crippen LogP contribution in [0.2, 0.25) is 0 Å². The first kappa shape index (κ1) is 40.5. The average Bonchev–Trinajstić information content (AvgIpc) is 3.70. The lowest BCUT2D eigenvalue weighted by Gasteiger charge is -2.45. The van der Waals surface area contributed by atoms with Crippen LogP contribution in [-0.4, -0.2) is 109 Å². The molecular weight excluding hydrogens is 820 g/mol. The lowest BCUT2D eigenvalue weighted by atomic mass is 9.80. The Kier molecular flexibility index (Phi) is 12.4. The molecule has 1 unspecified atom stereocenters. The van der Waals surface area contributed by atoms with E-state index in [2.05, 4.69) is 28.2 Å². The molecule has 1 aliphatic carbocycles. The Labute approximate surface area is 330 Å². The van der Waals surface area contributed by atoms with Crippen molar-refractivity contribution in [2.45, 2.75) is 92.6 Å². The average molecular weight is 871 g/mol. The number of fused-ring (bicyclic) bond motifs is 5. The van der Waals surface area contributed by atoms with Crippen LogP contribution in [0.5, 0.6) is 0 Å². The van der Waals surface area contributed by atoms with E-state index in [4.69, 9.17) is 14.2 Å². The fraction of sp³-hybridized carbons (Fsp3) is 0.579. The number of rotatable bonds is 8. The summed E-state index contributed by atoms with van der Waals surface area (Å²) in [7, 11) is 8.79. The van der Waals surface area contributed by atoms with Gasteiger partial charge >= 0.3 is 11.9 Å². The number of piperidine rings is 1. The van der Waals surface area contributed by atoms with Crippen LogP contribution in [0.15, 0.2) is 65.4 Å². The van der Waals surface area contributed by atoms with Crippen molar-refractivity contribution in [2.75, 3.05) is 41.3 Å². The van der Waals surface area contributed by atoms with Gasteiger partial charge in [-0.1, -0.05) is 55.3 Å². The molecule has 13 heteroatoms.